The van der Waals surface area contributed by atoms with E-state index < -0.39 is 27.5 Å². The summed E-state index contributed by atoms with van der Waals surface area (Å²) in [6, 6.07) is 9.50. The van der Waals surface area contributed by atoms with E-state index in [-0.39, 0.29) is 17.3 Å². The largest absolute Gasteiger partial charge is 0.437 e. The molecule has 0 fully saturated rings. The Morgan fingerprint density at radius 1 is 1.21 bits per heavy atom. The van der Waals surface area contributed by atoms with Crippen LogP contribution in [0.1, 0.15) is 5.56 Å². The molecule has 4 rings (SSSR count). The number of carbonyl (C=O) groups excluding carboxylic acids is 1. The third kappa shape index (κ3) is 3.69. The highest BCUT2D eigenvalue weighted by molar-refractivity contribution is 7.89. The van der Waals surface area contributed by atoms with Crippen molar-refractivity contribution in [3.8, 4) is 11.5 Å². The summed E-state index contributed by atoms with van der Waals surface area (Å²) in [5.41, 5.74) is 1.62. The first-order chi connectivity index (χ1) is 13.7. The SMILES string of the molecule is NS(=O)(=O)c1ccc2c(c1)CCN2C(=O)Cn1nc(-c2ccc(F)cc2)oc1=O. The van der Waals surface area contributed by atoms with E-state index >= 15 is 0 Å². The fourth-order valence-corrected chi connectivity index (χ4v) is 3.71. The van der Waals surface area contributed by atoms with Crippen molar-refractivity contribution in [2.75, 3.05) is 11.4 Å². The summed E-state index contributed by atoms with van der Waals surface area (Å²) in [6.07, 6.45) is 0.457. The fraction of sp³-hybridized carbons (Fsp3) is 0.167. The number of nitrogens with two attached hydrogens (primary N) is 1. The molecular weight excluding hydrogens is 403 g/mol. The van der Waals surface area contributed by atoms with Crippen molar-refractivity contribution in [3.05, 3.63) is 64.4 Å². The molecule has 0 saturated heterocycles. The predicted octanol–water partition coefficient (Wildman–Crippen LogP) is 0.879. The number of aromatic nitrogens is 2. The molecule has 0 bridgehead atoms. The number of rotatable bonds is 4. The van der Waals surface area contributed by atoms with Crippen molar-refractivity contribution in [3.63, 3.8) is 0 Å². The molecule has 0 saturated carbocycles. The van der Waals surface area contributed by atoms with Crippen molar-refractivity contribution in [1.82, 2.24) is 9.78 Å². The van der Waals surface area contributed by atoms with Crippen LogP contribution in [0.4, 0.5) is 10.1 Å². The van der Waals surface area contributed by atoms with Crippen LogP contribution in [-0.2, 0) is 27.8 Å². The number of fused-ring (bicyclic) bond motifs is 1. The minimum absolute atomic E-state index is 0.0255. The number of hydrogen-bond donors (Lipinski definition) is 1. The predicted molar refractivity (Wildman–Crippen MR) is 100 cm³/mol. The zero-order valence-electron chi connectivity index (χ0n) is 14.9. The molecule has 1 amide bonds. The first-order valence-corrected chi connectivity index (χ1v) is 10.1. The number of primary sulfonamides is 1. The van der Waals surface area contributed by atoms with Crippen LogP contribution in [0.15, 0.2) is 56.6 Å². The monoisotopic (exact) mass is 418 g/mol. The van der Waals surface area contributed by atoms with Crippen LogP contribution in [0.5, 0.6) is 0 Å². The molecule has 2 heterocycles. The molecule has 0 aliphatic carbocycles. The second kappa shape index (κ2) is 6.94. The molecule has 9 nitrogen and oxygen atoms in total. The first kappa shape index (κ1) is 19.0. The van der Waals surface area contributed by atoms with Gasteiger partial charge in [0.05, 0.1) is 4.90 Å². The molecule has 3 aromatic rings. The van der Waals surface area contributed by atoms with Gasteiger partial charge in [-0.1, -0.05) is 0 Å². The summed E-state index contributed by atoms with van der Waals surface area (Å²) < 4.78 is 41.9. The highest BCUT2D eigenvalue weighted by atomic mass is 32.2. The zero-order valence-corrected chi connectivity index (χ0v) is 15.7. The van der Waals surface area contributed by atoms with Crippen LogP contribution in [0.25, 0.3) is 11.5 Å². The van der Waals surface area contributed by atoms with Gasteiger partial charge in [0.15, 0.2) is 0 Å². The standard InChI is InChI=1S/C18H15FN4O5S/c19-13-3-1-11(2-4-13)17-21-23(18(25)28-17)10-16(24)22-8-7-12-9-14(29(20,26)27)5-6-15(12)22/h1-6,9H,7-8,10H2,(H2,20,26,27). The summed E-state index contributed by atoms with van der Waals surface area (Å²) in [7, 11) is -3.84. The molecule has 29 heavy (non-hydrogen) atoms. The van der Waals surface area contributed by atoms with Gasteiger partial charge in [-0.2, -0.15) is 4.68 Å². The maximum absolute atomic E-state index is 13.0. The highest BCUT2D eigenvalue weighted by Crippen LogP contribution is 2.30. The maximum Gasteiger partial charge on any atom is 0.437 e. The average Bonchev–Trinajstić information content (AvgIpc) is 3.25. The van der Waals surface area contributed by atoms with E-state index in [9.17, 15) is 22.4 Å². The Morgan fingerprint density at radius 2 is 1.93 bits per heavy atom. The first-order valence-electron chi connectivity index (χ1n) is 8.52. The fourth-order valence-electron chi connectivity index (χ4n) is 3.14. The molecule has 2 aromatic carbocycles. The highest BCUT2D eigenvalue weighted by Gasteiger charge is 2.27. The molecule has 1 aliphatic heterocycles. The number of anilines is 1. The van der Waals surface area contributed by atoms with E-state index in [1.165, 1.54) is 47.4 Å². The van der Waals surface area contributed by atoms with Gasteiger partial charge in [0.25, 0.3) is 0 Å². The summed E-state index contributed by atoms with van der Waals surface area (Å²) in [6.45, 7) is -0.0282. The van der Waals surface area contributed by atoms with E-state index in [0.717, 1.165) is 4.68 Å². The number of benzene rings is 2. The molecule has 0 atom stereocenters. The second-order valence-corrected chi connectivity index (χ2v) is 8.03. The molecule has 2 N–H and O–H groups in total. The van der Waals surface area contributed by atoms with E-state index in [1.807, 2.05) is 0 Å². The summed E-state index contributed by atoms with van der Waals surface area (Å²) in [5, 5.41) is 9.13. The summed E-state index contributed by atoms with van der Waals surface area (Å²) in [4.78, 5) is 26.2. The lowest BCUT2D eigenvalue weighted by atomic mass is 10.2. The Balaban J connectivity index is 1.56. The van der Waals surface area contributed by atoms with Gasteiger partial charge in [-0.3, -0.25) is 4.79 Å². The van der Waals surface area contributed by atoms with Crippen LogP contribution in [0.3, 0.4) is 0 Å². The number of sulfonamides is 1. The Kier molecular flexibility index (Phi) is 4.55. The smallest absolute Gasteiger partial charge is 0.388 e. The number of hydrogen-bond acceptors (Lipinski definition) is 6. The molecule has 1 aliphatic rings. The summed E-state index contributed by atoms with van der Waals surface area (Å²) in [5.74, 6) is -1.69. The molecule has 0 radical (unpaired) electrons. The maximum atomic E-state index is 13.0. The lowest BCUT2D eigenvalue weighted by Crippen LogP contribution is -2.35. The second-order valence-electron chi connectivity index (χ2n) is 6.47. The zero-order chi connectivity index (χ0) is 20.8. The quantitative estimate of drug-likeness (QED) is 0.670. The van der Waals surface area contributed by atoms with E-state index in [4.69, 9.17) is 9.56 Å². The number of nitrogens with zero attached hydrogens (tertiary/aromatic N) is 3. The third-order valence-electron chi connectivity index (χ3n) is 4.56. The Hall–Kier alpha value is -3.31. The molecule has 0 unspecified atom stereocenters. The third-order valence-corrected chi connectivity index (χ3v) is 5.47. The van der Waals surface area contributed by atoms with Gasteiger partial charge in [0.2, 0.25) is 21.8 Å². The van der Waals surface area contributed by atoms with Crippen molar-refractivity contribution < 1.29 is 22.0 Å². The van der Waals surface area contributed by atoms with Crippen LogP contribution < -0.4 is 15.8 Å². The summed E-state index contributed by atoms with van der Waals surface area (Å²) >= 11 is 0. The minimum Gasteiger partial charge on any atom is -0.388 e. The van der Waals surface area contributed by atoms with Gasteiger partial charge in [-0.05, 0) is 54.4 Å². The minimum atomic E-state index is -3.84. The Labute approximate surface area is 164 Å². The van der Waals surface area contributed by atoms with Gasteiger partial charge in [0.1, 0.15) is 12.4 Å². The van der Waals surface area contributed by atoms with Crippen LogP contribution in [-0.4, -0.2) is 30.7 Å². The average molecular weight is 418 g/mol. The molecule has 0 spiro atoms. The number of halogens is 1. The molecule has 11 heteroatoms. The molecule has 1 aromatic heterocycles. The van der Waals surface area contributed by atoms with Crippen molar-refractivity contribution in [2.45, 2.75) is 17.9 Å². The number of carbonyl (C=O) groups is 1. The topological polar surface area (TPSA) is 128 Å². The van der Waals surface area contributed by atoms with Gasteiger partial charge in [-0.25, -0.2) is 22.7 Å². The van der Waals surface area contributed by atoms with Crippen LogP contribution >= 0.6 is 0 Å². The van der Waals surface area contributed by atoms with Crippen molar-refractivity contribution in [1.29, 1.82) is 0 Å². The van der Waals surface area contributed by atoms with Gasteiger partial charge in [-0.15, -0.1) is 5.10 Å². The molecular formula is C18H15FN4O5S. The van der Waals surface area contributed by atoms with E-state index in [0.29, 0.717) is 29.8 Å². The van der Waals surface area contributed by atoms with Crippen molar-refractivity contribution >= 4 is 21.6 Å². The Bertz CT molecular complexity index is 1260. The number of amides is 1. The van der Waals surface area contributed by atoms with Crippen molar-refractivity contribution in [2.24, 2.45) is 5.14 Å². The van der Waals surface area contributed by atoms with Gasteiger partial charge < -0.3 is 9.32 Å². The van der Waals surface area contributed by atoms with E-state index in [1.54, 1.807) is 0 Å². The Morgan fingerprint density at radius 3 is 2.62 bits per heavy atom. The van der Waals surface area contributed by atoms with Crippen LogP contribution in [0.2, 0.25) is 0 Å². The lowest BCUT2D eigenvalue weighted by Gasteiger charge is -2.17. The van der Waals surface area contributed by atoms with E-state index in [2.05, 4.69) is 5.10 Å². The van der Waals surface area contributed by atoms with Gasteiger partial charge in [0, 0.05) is 17.8 Å². The lowest BCUT2D eigenvalue weighted by molar-refractivity contribution is -0.119. The molecule has 150 valence electrons. The normalized spacial score (nSPS) is 13.5. The van der Waals surface area contributed by atoms with Gasteiger partial charge >= 0.3 is 5.76 Å². The van der Waals surface area contributed by atoms with Crippen LogP contribution in [0, 0.1) is 5.82 Å².